The summed E-state index contributed by atoms with van der Waals surface area (Å²) in [6.45, 7) is 12.0. The maximum absolute atomic E-state index is 6.19. The molecule has 118 valence electrons. The van der Waals surface area contributed by atoms with Crippen LogP contribution >= 0.6 is 0 Å². The second kappa shape index (κ2) is 7.74. The summed E-state index contributed by atoms with van der Waals surface area (Å²) in [4.78, 5) is 5.15. The number of likely N-dealkylation sites (tertiary alicyclic amines) is 1. The van der Waals surface area contributed by atoms with E-state index in [4.69, 9.17) is 4.74 Å². The van der Waals surface area contributed by atoms with Gasteiger partial charge in [-0.25, -0.2) is 0 Å². The number of hydrogen-bond donors (Lipinski definition) is 1. The van der Waals surface area contributed by atoms with Gasteiger partial charge in [-0.1, -0.05) is 13.8 Å². The summed E-state index contributed by atoms with van der Waals surface area (Å²) >= 11 is 0. The lowest BCUT2D eigenvalue weighted by atomic mass is 9.88. The fraction of sp³-hybridized carbons (Fsp3) is 1.00. The van der Waals surface area contributed by atoms with Gasteiger partial charge >= 0.3 is 0 Å². The molecule has 3 aliphatic heterocycles. The van der Waals surface area contributed by atoms with Gasteiger partial charge in [-0.05, 0) is 45.8 Å². The Morgan fingerprint density at radius 2 is 1.70 bits per heavy atom. The summed E-state index contributed by atoms with van der Waals surface area (Å²) in [7, 11) is 2.22. The number of ether oxygens (including phenoxy) is 1. The average molecular weight is 283 g/mol. The fourth-order valence-corrected chi connectivity index (χ4v) is 3.69. The summed E-state index contributed by atoms with van der Waals surface area (Å²) in [6.07, 6.45) is 5.06. The maximum Gasteiger partial charge on any atom is 0.0833 e. The first kappa shape index (κ1) is 16.2. The minimum absolute atomic E-state index is 0.176. The van der Waals surface area contributed by atoms with E-state index in [1.54, 1.807) is 0 Å². The minimum atomic E-state index is 0.176. The van der Waals surface area contributed by atoms with Crippen LogP contribution in [0.4, 0.5) is 0 Å². The third-order valence-corrected chi connectivity index (χ3v) is 5.00. The SMILES string of the molecule is CC.CN1CCC2(CC1)CN(C1CCNCC1)CCO2. The van der Waals surface area contributed by atoms with Crippen molar-refractivity contribution in [2.45, 2.75) is 51.2 Å². The molecule has 0 aromatic rings. The van der Waals surface area contributed by atoms with Gasteiger partial charge in [0.25, 0.3) is 0 Å². The van der Waals surface area contributed by atoms with Crippen LogP contribution in [0.2, 0.25) is 0 Å². The van der Waals surface area contributed by atoms with Gasteiger partial charge in [0.1, 0.15) is 0 Å². The zero-order valence-electron chi connectivity index (χ0n) is 13.7. The zero-order chi connectivity index (χ0) is 14.4. The number of nitrogens with one attached hydrogen (secondary N) is 1. The standard InChI is InChI=1S/C14H27N3O.C2H6/c1-16-8-4-14(5-9-16)12-17(10-11-18-14)13-2-6-15-7-3-13;1-2/h13,15H,2-12H2,1H3;1-2H3. The largest absolute Gasteiger partial charge is 0.372 e. The van der Waals surface area contributed by atoms with Crippen LogP contribution in [-0.4, -0.2) is 74.4 Å². The van der Waals surface area contributed by atoms with E-state index in [0.717, 1.165) is 19.2 Å². The first-order chi connectivity index (χ1) is 9.77. The summed E-state index contributed by atoms with van der Waals surface area (Å²) in [5, 5.41) is 3.47. The molecule has 0 saturated carbocycles. The highest BCUT2D eigenvalue weighted by atomic mass is 16.5. The molecule has 0 aromatic carbocycles. The second-order valence-electron chi connectivity index (χ2n) is 6.29. The molecule has 3 aliphatic rings. The van der Waals surface area contributed by atoms with Crippen molar-refractivity contribution in [2.24, 2.45) is 0 Å². The molecule has 3 rings (SSSR count). The third-order valence-electron chi connectivity index (χ3n) is 5.00. The van der Waals surface area contributed by atoms with Gasteiger partial charge in [-0.2, -0.15) is 0 Å². The zero-order valence-corrected chi connectivity index (χ0v) is 13.7. The minimum Gasteiger partial charge on any atom is -0.372 e. The number of rotatable bonds is 1. The second-order valence-corrected chi connectivity index (χ2v) is 6.29. The Hall–Kier alpha value is -0.160. The van der Waals surface area contributed by atoms with Crippen molar-refractivity contribution >= 4 is 0 Å². The Bertz CT molecular complexity index is 271. The molecular weight excluding hydrogens is 250 g/mol. The quantitative estimate of drug-likeness (QED) is 0.790. The summed E-state index contributed by atoms with van der Waals surface area (Å²) in [5.41, 5.74) is 0.176. The Kier molecular flexibility index (Phi) is 6.27. The first-order valence-electron chi connectivity index (χ1n) is 8.55. The highest BCUT2D eigenvalue weighted by molar-refractivity contribution is 4.94. The highest BCUT2D eigenvalue weighted by Gasteiger charge is 2.40. The van der Waals surface area contributed by atoms with Gasteiger partial charge in [0.15, 0.2) is 0 Å². The Labute approximate surface area is 124 Å². The number of nitrogens with zero attached hydrogens (tertiary/aromatic N) is 2. The molecule has 0 aromatic heterocycles. The van der Waals surface area contributed by atoms with Crippen molar-refractivity contribution in [3.05, 3.63) is 0 Å². The summed E-state index contributed by atoms with van der Waals surface area (Å²) in [5.74, 6) is 0. The predicted octanol–water partition coefficient (Wildman–Crippen LogP) is 1.56. The van der Waals surface area contributed by atoms with Crippen LogP contribution in [0, 0.1) is 0 Å². The smallest absolute Gasteiger partial charge is 0.0833 e. The predicted molar refractivity (Wildman–Crippen MR) is 84.2 cm³/mol. The molecule has 3 heterocycles. The maximum atomic E-state index is 6.19. The Morgan fingerprint density at radius 3 is 2.35 bits per heavy atom. The van der Waals surface area contributed by atoms with E-state index in [0.29, 0.717) is 0 Å². The molecule has 0 bridgehead atoms. The molecule has 4 nitrogen and oxygen atoms in total. The first-order valence-corrected chi connectivity index (χ1v) is 8.55. The fourth-order valence-electron chi connectivity index (χ4n) is 3.69. The van der Waals surface area contributed by atoms with Crippen molar-refractivity contribution in [1.29, 1.82) is 0 Å². The topological polar surface area (TPSA) is 27.7 Å². The molecule has 0 unspecified atom stereocenters. The molecule has 3 fully saturated rings. The van der Waals surface area contributed by atoms with Gasteiger partial charge in [0, 0.05) is 32.2 Å². The molecule has 0 amide bonds. The van der Waals surface area contributed by atoms with Crippen molar-refractivity contribution in [2.75, 3.05) is 52.9 Å². The third kappa shape index (κ3) is 3.94. The Morgan fingerprint density at radius 1 is 1.05 bits per heavy atom. The number of piperidine rings is 2. The van der Waals surface area contributed by atoms with E-state index in [1.807, 2.05) is 13.8 Å². The Balaban J connectivity index is 0.000000704. The lowest BCUT2D eigenvalue weighted by molar-refractivity contribution is -0.143. The lowest BCUT2D eigenvalue weighted by Crippen LogP contribution is -2.59. The van der Waals surface area contributed by atoms with Crippen molar-refractivity contribution in [3.63, 3.8) is 0 Å². The van der Waals surface area contributed by atoms with E-state index in [9.17, 15) is 0 Å². The monoisotopic (exact) mass is 283 g/mol. The van der Waals surface area contributed by atoms with E-state index in [-0.39, 0.29) is 5.60 Å². The van der Waals surface area contributed by atoms with E-state index in [2.05, 4.69) is 22.2 Å². The highest BCUT2D eigenvalue weighted by Crippen LogP contribution is 2.31. The molecule has 1 N–H and O–H groups in total. The molecule has 3 saturated heterocycles. The average Bonchev–Trinajstić information content (AvgIpc) is 2.54. The molecule has 0 radical (unpaired) electrons. The molecule has 4 heteroatoms. The van der Waals surface area contributed by atoms with E-state index < -0.39 is 0 Å². The van der Waals surface area contributed by atoms with Crippen molar-refractivity contribution < 1.29 is 4.74 Å². The van der Waals surface area contributed by atoms with Crippen LogP contribution in [-0.2, 0) is 4.74 Å². The summed E-state index contributed by atoms with van der Waals surface area (Å²) in [6, 6.07) is 0.798. The number of morpholine rings is 1. The summed E-state index contributed by atoms with van der Waals surface area (Å²) < 4.78 is 6.19. The van der Waals surface area contributed by atoms with E-state index >= 15 is 0 Å². The van der Waals surface area contributed by atoms with E-state index in [1.165, 1.54) is 58.4 Å². The van der Waals surface area contributed by atoms with Crippen LogP contribution in [0.25, 0.3) is 0 Å². The van der Waals surface area contributed by atoms with Gasteiger partial charge < -0.3 is 15.0 Å². The molecule has 0 aliphatic carbocycles. The van der Waals surface area contributed by atoms with Crippen molar-refractivity contribution in [3.8, 4) is 0 Å². The van der Waals surface area contributed by atoms with Gasteiger partial charge in [-0.15, -0.1) is 0 Å². The van der Waals surface area contributed by atoms with Gasteiger partial charge in [0.05, 0.1) is 12.2 Å². The van der Waals surface area contributed by atoms with Crippen LogP contribution in [0.5, 0.6) is 0 Å². The van der Waals surface area contributed by atoms with Crippen LogP contribution in [0.1, 0.15) is 39.5 Å². The molecule has 20 heavy (non-hydrogen) atoms. The number of hydrogen-bond acceptors (Lipinski definition) is 4. The molecular formula is C16H33N3O. The molecule has 0 atom stereocenters. The normalized spacial score (nSPS) is 28.9. The van der Waals surface area contributed by atoms with Crippen LogP contribution in [0.3, 0.4) is 0 Å². The van der Waals surface area contributed by atoms with Gasteiger partial charge in [-0.3, -0.25) is 4.90 Å². The lowest BCUT2D eigenvalue weighted by Gasteiger charge is -2.49. The molecule has 1 spiro atoms. The van der Waals surface area contributed by atoms with Crippen LogP contribution in [0.15, 0.2) is 0 Å². The van der Waals surface area contributed by atoms with Gasteiger partial charge in [0.2, 0.25) is 0 Å². The van der Waals surface area contributed by atoms with Crippen LogP contribution < -0.4 is 5.32 Å². The van der Waals surface area contributed by atoms with Crippen molar-refractivity contribution in [1.82, 2.24) is 15.1 Å².